The van der Waals surface area contributed by atoms with E-state index in [1.807, 2.05) is 21.1 Å². The summed E-state index contributed by atoms with van der Waals surface area (Å²) in [6, 6.07) is 0. The number of rotatable bonds is 66. The molecule has 0 fully saturated rings. The van der Waals surface area contributed by atoms with Crippen molar-refractivity contribution in [2.24, 2.45) is 0 Å². The first-order valence-corrected chi connectivity index (χ1v) is 38.3. The average molecular weight is 1290 g/mol. The molecular weight excluding hydrogens is 1160 g/mol. The molecule has 0 spiro atoms. The van der Waals surface area contributed by atoms with Gasteiger partial charge in [-0.1, -0.05) is 306 Å². The van der Waals surface area contributed by atoms with Crippen molar-refractivity contribution in [1.29, 1.82) is 0 Å². The van der Waals surface area contributed by atoms with Crippen LogP contribution in [0.15, 0.2) is 170 Å². The van der Waals surface area contributed by atoms with Crippen molar-refractivity contribution in [3.63, 3.8) is 0 Å². The second-order valence-corrected chi connectivity index (χ2v) is 26.6. The Balaban J connectivity index is 4.18. The molecule has 0 radical (unpaired) electrons. The van der Waals surface area contributed by atoms with Gasteiger partial charge in [0.25, 0.3) is 7.82 Å². The molecule has 0 aromatic heterocycles. The molecule has 9 nitrogen and oxygen atoms in total. The molecule has 92 heavy (non-hydrogen) atoms. The Bertz CT molecular complexity index is 2160. The van der Waals surface area contributed by atoms with E-state index in [0.717, 1.165) is 116 Å². The number of phosphoric acid groups is 1. The SMILES string of the molecule is CC/C=C\C/C=C\C/C=C\C/C=C\C/C=C\C/C=C\C/C=C\C/C=C\C/C=C\C/C=C\C/C=C\C/C=C\CCCCC(=O)OC(COC(=O)CCCCCCCCCCCCCCCCCCC/C=C\C/C=C\CCCCCCC)COP(=O)([O-])OCC[N+](C)(C)C. The van der Waals surface area contributed by atoms with Crippen LogP contribution in [0, 0.1) is 0 Å². The van der Waals surface area contributed by atoms with Crippen LogP contribution in [-0.4, -0.2) is 70.0 Å². The summed E-state index contributed by atoms with van der Waals surface area (Å²) in [5.74, 6) is -0.889. The van der Waals surface area contributed by atoms with Crippen molar-refractivity contribution in [3.8, 4) is 0 Å². The van der Waals surface area contributed by atoms with Crippen LogP contribution in [0.3, 0.4) is 0 Å². The van der Waals surface area contributed by atoms with Gasteiger partial charge in [0.15, 0.2) is 6.10 Å². The number of phosphoric ester groups is 1. The van der Waals surface area contributed by atoms with Gasteiger partial charge in [-0.05, 0) is 135 Å². The summed E-state index contributed by atoms with van der Waals surface area (Å²) in [7, 11) is 1.12. The number of esters is 2. The highest BCUT2D eigenvalue weighted by Crippen LogP contribution is 2.38. The average Bonchev–Trinajstić information content (AvgIpc) is 2.14. The normalized spacial score (nSPS) is 14.1. The molecular formula is C82H136NO8P. The molecule has 0 rings (SSSR count). The summed E-state index contributed by atoms with van der Waals surface area (Å²) in [5.41, 5.74) is 0. The van der Waals surface area contributed by atoms with Gasteiger partial charge in [0, 0.05) is 12.8 Å². The topological polar surface area (TPSA) is 111 Å². The van der Waals surface area contributed by atoms with Gasteiger partial charge >= 0.3 is 11.9 Å². The number of unbranched alkanes of at least 4 members (excludes halogenated alkanes) is 24. The zero-order chi connectivity index (χ0) is 66.9. The van der Waals surface area contributed by atoms with Crippen LogP contribution in [0.25, 0.3) is 0 Å². The summed E-state index contributed by atoms with van der Waals surface area (Å²) in [4.78, 5) is 38.1. The largest absolute Gasteiger partial charge is 0.756 e. The molecule has 0 saturated heterocycles. The highest BCUT2D eigenvalue weighted by Gasteiger charge is 2.22. The number of likely N-dealkylation sites (N-methyl/N-ethyl adjacent to an activating group) is 1. The predicted molar refractivity (Wildman–Crippen MR) is 396 cm³/mol. The fraction of sp³-hybridized carbons (Fsp3) is 0.634. The van der Waals surface area contributed by atoms with Crippen LogP contribution in [0.5, 0.6) is 0 Å². The molecule has 0 aliphatic carbocycles. The molecule has 2 atom stereocenters. The fourth-order valence-electron chi connectivity index (χ4n) is 9.61. The first-order chi connectivity index (χ1) is 45.0. The number of hydrogen-bond donors (Lipinski definition) is 0. The van der Waals surface area contributed by atoms with Gasteiger partial charge in [0.2, 0.25) is 0 Å². The van der Waals surface area contributed by atoms with Crippen LogP contribution in [0.2, 0.25) is 0 Å². The third-order valence-electron chi connectivity index (χ3n) is 15.2. The lowest BCUT2D eigenvalue weighted by atomic mass is 10.0. The molecule has 0 heterocycles. The number of allylic oxidation sites excluding steroid dienone is 28. The Kier molecular flexibility index (Phi) is 67.1. The molecule has 2 unspecified atom stereocenters. The van der Waals surface area contributed by atoms with E-state index in [4.69, 9.17) is 18.5 Å². The summed E-state index contributed by atoms with van der Waals surface area (Å²) in [5, 5.41) is 0. The van der Waals surface area contributed by atoms with Crippen molar-refractivity contribution in [2.75, 3.05) is 47.5 Å². The maximum Gasteiger partial charge on any atom is 0.306 e. The maximum absolute atomic E-state index is 12.9. The van der Waals surface area contributed by atoms with E-state index < -0.39 is 32.5 Å². The van der Waals surface area contributed by atoms with E-state index >= 15 is 0 Å². The Labute approximate surface area is 566 Å². The second kappa shape index (κ2) is 70.7. The van der Waals surface area contributed by atoms with E-state index in [0.29, 0.717) is 17.4 Å². The number of quaternary nitrogens is 1. The minimum absolute atomic E-state index is 0.0474. The lowest BCUT2D eigenvalue weighted by Crippen LogP contribution is -2.37. The Morgan fingerprint density at radius 3 is 0.946 bits per heavy atom. The smallest absolute Gasteiger partial charge is 0.306 e. The zero-order valence-electron chi connectivity index (χ0n) is 59.4. The van der Waals surface area contributed by atoms with Gasteiger partial charge in [-0.2, -0.15) is 0 Å². The molecule has 10 heteroatoms. The van der Waals surface area contributed by atoms with Gasteiger partial charge in [-0.15, -0.1) is 0 Å². The van der Waals surface area contributed by atoms with Crippen LogP contribution in [0.4, 0.5) is 0 Å². The van der Waals surface area contributed by atoms with Crippen molar-refractivity contribution >= 4 is 19.8 Å². The lowest BCUT2D eigenvalue weighted by Gasteiger charge is -2.28. The number of ether oxygens (including phenoxy) is 2. The van der Waals surface area contributed by atoms with Gasteiger partial charge in [0.1, 0.15) is 19.8 Å². The molecule has 0 aliphatic heterocycles. The number of nitrogens with zero attached hydrogens (tertiary/aromatic N) is 1. The minimum Gasteiger partial charge on any atom is -0.756 e. The van der Waals surface area contributed by atoms with E-state index in [2.05, 4.69) is 184 Å². The van der Waals surface area contributed by atoms with Gasteiger partial charge < -0.3 is 27.9 Å². The fourth-order valence-corrected chi connectivity index (χ4v) is 10.3. The quantitative estimate of drug-likeness (QED) is 0.0195. The summed E-state index contributed by atoms with van der Waals surface area (Å²) in [6.45, 7) is 4.07. The standard InChI is InChI=1S/C82H136NO8P/c1-6-8-10-12-14-16-18-20-22-24-26-28-30-32-34-36-37-38-39-40-41-42-43-44-45-47-49-51-53-55-57-59-61-63-65-67-69-71-73-75-82(85)91-80(79-90-92(86,87)89-77-76-83(3,4)5)78-88-81(84)74-72-70-68-66-64-62-60-58-56-54-52-50-48-46-35-33-31-29-27-25-23-21-19-17-15-13-11-9-7-2/h8,10,14,16,19-22,25-28,32,34,37-38,40-41,43-44,47,49,53,55,59,61,65,67,80H,6-7,9,11-13,15,17-18,23-24,29-31,33,35-36,39,42,45-46,48,50-52,54,56-58,60,62-64,66,68-79H2,1-5H3/b10-8-,16-14-,21-19-,22-20-,27-25-,28-26-,34-32-,38-37-,41-40-,44-43-,49-47-,55-53-,61-59-,67-65-. The first-order valence-electron chi connectivity index (χ1n) is 36.8. The van der Waals surface area contributed by atoms with E-state index in [9.17, 15) is 19.0 Å². The monoisotopic (exact) mass is 1290 g/mol. The molecule has 0 aromatic rings. The van der Waals surface area contributed by atoms with E-state index in [1.165, 1.54) is 135 Å². The Hall–Kier alpha value is -4.63. The van der Waals surface area contributed by atoms with Crippen molar-refractivity contribution < 1.29 is 42.1 Å². The zero-order valence-corrected chi connectivity index (χ0v) is 60.3. The molecule has 0 aliphatic rings. The lowest BCUT2D eigenvalue weighted by molar-refractivity contribution is -0.870. The highest BCUT2D eigenvalue weighted by atomic mass is 31.2. The Morgan fingerprint density at radius 2 is 0.620 bits per heavy atom. The van der Waals surface area contributed by atoms with Crippen molar-refractivity contribution in [2.45, 2.75) is 290 Å². The van der Waals surface area contributed by atoms with E-state index in [-0.39, 0.29) is 26.1 Å². The summed E-state index contributed by atoms with van der Waals surface area (Å²) in [6.07, 6.45) is 107. The molecule has 0 N–H and O–H groups in total. The number of hydrogen-bond acceptors (Lipinski definition) is 8. The maximum atomic E-state index is 12.9. The minimum atomic E-state index is -4.67. The van der Waals surface area contributed by atoms with Crippen LogP contribution in [-0.2, 0) is 32.7 Å². The van der Waals surface area contributed by atoms with Crippen LogP contribution in [0.1, 0.15) is 284 Å². The van der Waals surface area contributed by atoms with Crippen molar-refractivity contribution in [1.82, 2.24) is 0 Å². The molecule has 522 valence electrons. The second-order valence-electron chi connectivity index (χ2n) is 25.2. The Morgan fingerprint density at radius 1 is 0.348 bits per heavy atom. The third kappa shape index (κ3) is 74.4. The number of carbonyl (C=O) groups is 2. The first kappa shape index (κ1) is 87.4. The molecule has 0 bridgehead atoms. The van der Waals surface area contributed by atoms with Crippen molar-refractivity contribution in [3.05, 3.63) is 170 Å². The predicted octanol–water partition coefficient (Wildman–Crippen LogP) is 23.9. The summed E-state index contributed by atoms with van der Waals surface area (Å²) >= 11 is 0. The highest BCUT2D eigenvalue weighted by molar-refractivity contribution is 7.45. The molecule has 0 aromatic carbocycles. The van der Waals surface area contributed by atoms with Gasteiger partial charge in [-0.3, -0.25) is 14.2 Å². The van der Waals surface area contributed by atoms with Crippen LogP contribution >= 0.6 is 7.82 Å². The van der Waals surface area contributed by atoms with Gasteiger partial charge in [0.05, 0.1) is 27.7 Å². The molecule has 0 saturated carbocycles. The van der Waals surface area contributed by atoms with Crippen LogP contribution < -0.4 is 4.89 Å². The number of carbonyl (C=O) groups excluding carboxylic acids is 2. The third-order valence-corrected chi connectivity index (χ3v) is 16.2. The summed E-state index contributed by atoms with van der Waals surface area (Å²) < 4.78 is 34.3. The van der Waals surface area contributed by atoms with Gasteiger partial charge in [-0.25, -0.2) is 0 Å². The molecule has 0 amide bonds. The van der Waals surface area contributed by atoms with E-state index in [1.54, 1.807) is 0 Å².